The number of rotatable bonds is 4. The molecule has 4 heterocycles. The van der Waals surface area contributed by atoms with E-state index in [1.165, 1.54) is 4.90 Å². The molecule has 0 aromatic carbocycles. The SMILES string of the molecule is C[C@@H]1CNC(=O)CC/C=C\[C@H]2O[C@]34C=CCN(C(C)(C)CC(C)(C)C)C(=O)[C@H]3N([C@H](C)CO)C(=O)[C@@H]4[C@H]2C(=O)O1. The van der Waals surface area contributed by atoms with Crippen LogP contribution in [0, 0.1) is 17.3 Å². The maximum absolute atomic E-state index is 14.5. The standard InChI is InChI=1S/C30H45N3O7/c1-18(16-34)33-24-26(37)32(29(6,7)17-28(3,4)5)14-10-13-30(24)23(25(33)36)22-20(40-30)11-8-9-12-21(35)31-15-19(2)39-27(22)38/h8,10-11,13,18-20,22-24,34H,9,12,14-17H2,1-7H3,(H,31,35)/b11-8-/t18-,19-,20-,22+,23+,24-,30+/m1/s1. The zero-order valence-electron chi connectivity index (χ0n) is 24.8. The van der Waals surface area contributed by atoms with Gasteiger partial charge in [-0.05, 0) is 46.0 Å². The van der Waals surface area contributed by atoms with Gasteiger partial charge in [0.05, 0.1) is 31.2 Å². The summed E-state index contributed by atoms with van der Waals surface area (Å²) < 4.78 is 12.4. The first-order valence-corrected chi connectivity index (χ1v) is 14.4. The summed E-state index contributed by atoms with van der Waals surface area (Å²) in [6.45, 7) is 13.9. The highest BCUT2D eigenvalue weighted by molar-refractivity contribution is 5.99. The average Bonchev–Trinajstić information content (AvgIpc) is 3.23. The maximum Gasteiger partial charge on any atom is 0.313 e. The Morgan fingerprint density at radius 2 is 1.82 bits per heavy atom. The summed E-state index contributed by atoms with van der Waals surface area (Å²) in [6.07, 6.45) is 7.14. The molecule has 1 spiro atoms. The van der Waals surface area contributed by atoms with Crippen molar-refractivity contribution < 1.29 is 33.8 Å². The zero-order valence-corrected chi connectivity index (χ0v) is 24.8. The molecule has 2 saturated heterocycles. The van der Waals surface area contributed by atoms with Gasteiger partial charge in [0, 0.05) is 18.5 Å². The first-order chi connectivity index (χ1) is 18.6. The van der Waals surface area contributed by atoms with Crippen LogP contribution >= 0.6 is 0 Å². The van der Waals surface area contributed by atoms with Crippen LogP contribution in [0.4, 0.5) is 0 Å². The third-order valence-electron chi connectivity index (χ3n) is 8.40. The molecule has 222 valence electrons. The van der Waals surface area contributed by atoms with Crippen LogP contribution in [0.1, 0.15) is 67.7 Å². The predicted molar refractivity (Wildman–Crippen MR) is 148 cm³/mol. The molecule has 3 amide bonds. The second kappa shape index (κ2) is 10.9. The van der Waals surface area contributed by atoms with Crippen LogP contribution < -0.4 is 5.32 Å². The summed E-state index contributed by atoms with van der Waals surface area (Å²) in [5, 5.41) is 12.9. The van der Waals surface area contributed by atoms with Gasteiger partial charge >= 0.3 is 5.97 Å². The molecule has 2 fully saturated rings. The number of ether oxygens (including phenoxy) is 2. The van der Waals surface area contributed by atoms with Gasteiger partial charge in [-0.15, -0.1) is 0 Å². The largest absolute Gasteiger partial charge is 0.460 e. The van der Waals surface area contributed by atoms with Crippen LogP contribution in [0.3, 0.4) is 0 Å². The molecule has 2 N–H and O–H groups in total. The highest BCUT2D eigenvalue weighted by Crippen LogP contribution is 2.54. The highest BCUT2D eigenvalue weighted by atomic mass is 16.6. The highest BCUT2D eigenvalue weighted by Gasteiger charge is 2.72. The van der Waals surface area contributed by atoms with Crippen molar-refractivity contribution >= 4 is 23.7 Å². The first kappa shape index (κ1) is 30.2. The van der Waals surface area contributed by atoms with E-state index in [0.717, 1.165) is 6.42 Å². The lowest BCUT2D eigenvalue weighted by Crippen LogP contribution is -2.61. The quantitative estimate of drug-likeness (QED) is 0.398. The van der Waals surface area contributed by atoms with E-state index in [1.807, 2.05) is 19.9 Å². The summed E-state index contributed by atoms with van der Waals surface area (Å²) in [7, 11) is 0. The van der Waals surface area contributed by atoms with E-state index in [2.05, 4.69) is 26.1 Å². The molecule has 0 aromatic rings. The molecule has 0 aromatic heterocycles. The van der Waals surface area contributed by atoms with Gasteiger partial charge in [-0.3, -0.25) is 19.2 Å². The lowest BCUT2D eigenvalue weighted by Gasteiger charge is -2.45. The van der Waals surface area contributed by atoms with Crippen molar-refractivity contribution in [1.82, 2.24) is 15.1 Å². The average molecular weight is 560 g/mol. The summed E-state index contributed by atoms with van der Waals surface area (Å²) >= 11 is 0. The van der Waals surface area contributed by atoms with Crippen molar-refractivity contribution in [2.24, 2.45) is 17.3 Å². The zero-order chi connectivity index (χ0) is 29.6. The first-order valence-electron chi connectivity index (χ1n) is 14.4. The van der Waals surface area contributed by atoms with Crippen molar-refractivity contribution in [1.29, 1.82) is 0 Å². The number of hydrogen-bond acceptors (Lipinski definition) is 7. The van der Waals surface area contributed by atoms with E-state index in [4.69, 9.17) is 9.47 Å². The smallest absolute Gasteiger partial charge is 0.313 e. The minimum Gasteiger partial charge on any atom is -0.460 e. The topological polar surface area (TPSA) is 125 Å². The van der Waals surface area contributed by atoms with Crippen LogP contribution in [0.5, 0.6) is 0 Å². The number of carbonyl (C=O) groups excluding carboxylic acids is 4. The molecule has 0 radical (unpaired) electrons. The maximum atomic E-state index is 14.5. The third-order valence-corrected chi connectivity index (χ3v) is 8.40. The molecule has 10 heteroatoms. The predicted octanol–water partition coefficient (Wildman–Crippen LogP) is 1.96. The molecule has 4 aliphatic heterocycles. The Bertz CT molecular complexity index is 1090. The fraction of sp³-hybridized carbons (Fsp3) is 0.733. The number of nitrogens with one attached hydrogen (secondary N) is 1. The minimum absolute atomic E-state index is 0.0607. The number of hydrogen-bond donors (Lipinski definition) is 2. The molecule has 0 aliphatic carbocycles. The van der Waals surface area contributed by atoms with Gasteiger partial charge in [0.1, 0.15) is 23.7 Å². The fourth-order valence-corrected chi connectivity index (χ4v) is 7.10. The molecule has 0 saturated carbocycles. The lowest BCUT2D eigenvalue weighted by molar-refractivity contribution is -0.160. The third kappa shape index (κ3) is 5.44. The van der Waals surface area contributed by atoms with Crippen molar-refractivity contribution in [3.63, 3.8) is 0 Å². The lowest BCUT2D eigenvalue weighted by atomic mass is 9.77. The Labute approximate surface area is 237 Å². The van der Waals surface area contributed by atoms with Gasteiger partial charge in [-0.2, -0.15) is 0 Å². The van der Waals surface area contributed by atoms with Gasteiger partial charge < -0.3 is 29.7 Å². The van der Waals surface area contributed by atoms with Crippen molar-refractivity contribution in [3.8, 4) is 0 Å². The Balaban J connectivity index is 1.81. The number of allylic oxidation sites excluding steroid dienone is 1. The van der Waals surface area contributed by atoms with Crippen LogP contribution in [0.15, 0.2) is 24.3 Å². The summed E-state index contributed by atoms with van der Waals surface area (Å²) in [6, 6.07) is -1.73. The summed E-state index contributed by atoms with van der Waals surface area (Å²) in [4.78, 5) is 57.8. The number of aliphatic hydroxyl groups is 1. The van der Waals surface area contributed by atoms with Gasteiger partial charge in [-0.1, -0.05) is 45.1 Å². The molecular weight excluding hydrogens is 514 g/mol. The number of carbonyl (C=O) groups is 4. The number of cyclic esters (lactones) is 1. The van der Waals surface area contributed by atoms with E-state index < -0.39 is 59.1 Å². The number of likely N-dealkylation sites (tertiary alicyclic amines) is 1. The van der Waals surface area contributed by atoms with E-state index in [0.29, 0.717) is 13.0 Å². The molecule has 4 rings (SSSR count). The van der Waals surface area contributed by atoms with Gasteiger partial charge in [0.15, 0.2) is 0 Å². The van der Waals surface area contributed by atoms with E-state index in [1.54, 1.807) is 37.0 Å². The number of fused-ring (bicyclic) bond motifs is 2. The Kier molecular flexibility index (Phi) is 8.26. The monoisotopic (exact) mass is 559 g/mol. The number of nitrogens with zero attached hydrogens (tertiary/aromatic N) is 2. The molecular formula is C30H45N3O7. The van der Waals surface area contributed by atoms with Gasteiger partial charge in [0.25, 0.3) is 0 Å². The second-order valence-corrected chi connectivity index (χ2v) is 13.5. The van der Waals surface area contributed by atoms with Crippen molar-refractivity contribution in [2.75, 3.05) is 19.7 Å². The van der Waals surface area contributed by atoms with Crippen LogP contribution in [0.2, 0.25) is 0 Å². The van der Waals surface area contributed by atoms with E-state index in [9.17, 15) is 24.3 Å². The number of aliphatic hydroxyl groups excluding tert-OH is 1. The molecule has 10 nitrogen and oxygen atoms in total. The van der Waals surface area contributed by atoms with Crippen LogP contribution in [-0.4, -0.2) is 93.7 Å². The van der Waals surface area contributed by atoms with Gasteiger partial charge in [-0.25, -0.2) is 0 Å². The minimum atomic E-state index is -1.42. The Hall–Kier alpha value is -2.72. The van der Waals surface area contributed by atoms with E-state index >= 15 is 0 Å². The molecule has 0 unspecified atom stereocenters. The van der Waals surface area contributed by atoms with Crippen molar-refractivity contribution in [2.45, 2.75) is 103 Å². The fourth-order valence-electron chi connectivity index (χ4n) is 7.10. The molecule has 0 bridgehead atoms. The molecule has 7 atom stereocenters. The second-order valence-electron chi connectivity index (χ2n) is 13.5. The van der Waals surface area contributed by atoms with Gasteiger partial charge in [0.2, 0.25) is 17.7 Å². The summed E-state index contributed by atoms with van der Waals surface area (Å²) in [5.41, 5.74) is -2.02. The van der Waals surface area contributed by atoms with Crippen molar-refractivity contribution in [3.05, 3.63) is 24.3 Å². The summed E-state index contributed by atoms with van der Waals surface area (Å²) in [5.74, 6) is -3.44. The van der Waals surface area contributed by atoms with E-state index in [-0.39, 0.29) is 36.8 Å². The Morgan fingerprint density at radius 1 is 1.12 bits per heavy atom. The molecule has 40 heavy (non-hydrogen) atoms. The van der Waals surface area contributed by atoms with Crippen LogP contribution in [0.25, 0.3) is 0 Å². The Morgan fingerprint density at radius 3 is 2.48 bits per heavy atom. The number of amides is 3. The molecule has 4 aliphatic rings. The normalized spacial score (nSPS) is 35.0. The van der Waals surface area contributed by atoms with Crippen LogP contribution in [-0.2, 0) is 28.7 Å². The number of esters is 1.